The van der Waals surface area contributed by atoms with Crippen molar-refractivity contribution in [1.82, 2.24) is 0 Å². The second-order valence-corrected chi connectivity index (χ2v) is 6.07. The van der Waals surface area contributed by atoms with Gasteiger partial charge >= 0.3 is 5.97 Å². The first-order valence-corrected chi connectivity index (χ1v) is 7.87. The SMILES string of the molecule is C=C(C)C#CC(OC(=O)c1cccc(Br)c1)C(C)CCC. The van der Waals surface area contributed by atoms with E-state index in [9.17, 15) is 4.79 Å². The summed E-state index contributed by atoms with van der Waals surface area (Å²) in [5, 5.41) is 0. The van der Waals surface area contributed by atoms with E-state index >= 15 is 0 Å². The third-order valence-corrected chi connectivity index (χ3v) is 3.48. The molecule has 0 aliphatic rings. The van der Waals surface area contributed by atoms with Crippen molar-refractivity contribution in [1.29, 1.82) is 0 Å². The number of esters is 1. The highest BCUT2D eigenvalue weighted by atomic mass is 79.9. The van der Waals surface area contributed by atoms with Gasteiger partial charge in [-0.2, -0.15) is 0 Å². The van der Waals surface area contributed by atoms with Gasteiger partial charge in [0.15, 0.2) is 6.10 Å². The number of ether oxygens (including phenoxy) is 1. The second-order valence-electron chi connectivity index (χ2n) is 5.15. The van der Waals surface area contributed by atoms with Crippen molar-refractivity contribution in [2.45, 2.75) is 39.7 Å². The van der Waals surface area contributed by atoms with Crippen LogP contribution in [0.5, 0.6) is 0 Å². The maximum absolute atomic E-state index is 12.2. The smallest absolute Gasteiger partial charge is 0.339 e. The maximum Gasteiger partial charge on any atom is 0.339 e. The predicted octanol–water partition coefficient (Wildman–Crippen LogP) is 4.99. The summed E-state index contributed by atoms with van der Waals surface area (Å²) in [6.07, 6.45) is 1.58. The van der Waals surface area contributed by atoms with Gasteiger partial charge in [0.2, 0.25) is 0 Å². The molecule has 3 heteroatoms. The molecule has 0 fully saturated rings. The van der Waals surface area contributed by atoms with Gasteiger partial charge in [0.25, 0.3) is 0 Å². The van der Waals surface area contributed by atoms with E-state index in [1.807, 2.05) is 19.1 Å². The Hall–Kier alpha value is -1.53. The molecule has 0 aliphatic carbocycles. The van der Waals surface area contributed by atoms with Gasteiger partial charge in [-0.25, -0.2) is 4.79 Å². The molecule has 0 heterocycles. The summed E-state index contributed by atoms with van der Waals surface area (Å²) < 4.78 is 6.43. The van der Waals surface area contributed by atoms with Gasteiger partial charge < -0.3 is 4.74 Å². The summed E-state index contributed by atoms with van der Waals surface area (Å²) in [6.45, 7) is 9.76. The van der Waals surface area contributed by atoms with Gasteiger partial charge in [-0.3, -0.25) is 0 Å². The summed E-state index contributed by atoms with van der Waals surface area (Å²) in [5.74, 6) is 5.78. The van der Waals surface area contributed by atoms with Crippen LogP contribution in [0.1, 0.15) is 44.0 Å². The van der Waals surface area contributed by atoms with Crippen molar-refractivity contribution in [2.24, 2.45) is 5.92 Å². The minimum atomic E-state index is -0.409. The van der Waals surface area contributed by atoms with Gasteiger partial charge in [0.05, 0.1) is 5.56 Å². The first kappa shape index (κ1) is 17.5. The zero-order valence-electron chi connectivity index (χ0n) is 12.8. The van der Waals surface area contributed by atoms with Crippen LogP contribution in [0.4, 0.5) is 0 Å². The average molecular weight is 349 g/mol. The lowest BCUT2D eigenvalue weighted by molar-refractivity contribution is 0.0305. The fraction of sp³-hybridized carbons (Fsp3) is 0.389. The van der Waals surface area contributed by atoms with Gasteiger partial charge in [0.1, 0.15) is 0 Å². The molecule has 1 aromatic rings. The van der Waals surface area contributed by atoms with Crippen molar-refractivity contribution >= 4 is 21.9 Å². The Morgan fingerprint density at radius 1 is 1.48 bits per heavy atom. The van der Waals surface area contributed by atoms with Crippen LogP contribution in [0.2, 0.25) is 0 Å². The number of benzene rings is 1. The van der Waals surface area contributed by atoms with Gasteiger partial charge in [-0.15, -0.1) is 0 Å². The van der Waals surface area contributed by atoms with E-state index < -0.39 is 6.10 Å². The molecule has 2 unspecified atom stereocenters. The summed E-state index contributed by atoms with van der Waals surface area (Å²) >= 11 is 3.35. The Kier molecular flexibility index (Phi) is 7.25. The van der Waals surface area contributed by atoms with Gasteiger partial charge in [0, 0.05) is 10.4 Å². The van der Waals surface area contributed by atoms with E-state index in [0.717, 1.165) is 22.9 Å². The molecule has 0 saturated carbocycles. The summed E-state index contributed by atoms with van der Waals surface area (Å²) in [4.78, 5) is 12.2. The van der Waals surface area contributed by atoms with Crippen LogP contribution in [-0.4, -0.2) is 12.1 Å². The third kappa shape index (κ3) is 6.18. The molecule has 0 aromatic heterocycles. The Labute approximate surface area is 135 Å². The van der Waals surface area contributed by atoms with Crippen LogP contribution in [0.15, 0.2) is 40.9 Å². The Bertz CT molecular complexity index is 566. The standard InChI is InChI=1S/C18H21BrO2/c1-5-7-14(4)17(11-10-13(2)3)21-18(20)15-8-6-9-16(19)12-15/h6,8-9,12,14,17H,2,5,7H2,1,3-4H3. The van der Waals surface area contributed by atoms with Crippen LogP contribution in [0.3, 0.4) is 0 Å². The highest BCUT2D eigenvalue weighted by molar-refractivity contribution is 9.10. The molecule has 0 amide bonds. The topological polar surface area (TPSA) is 26.3 Å². The molecule has 0 spiro atoms. The molecule has 1 aromatic carbocycles. The lowest BCUT2D eigenvalue weighted by Gasteiger charge is -2.19. The molecule has 1 rings (SSSR count). The van der Waals surface area contributed by atoms with Gasteiger partial charge in [-0.1, -0.05) is 60.7 Å². The predicted molar refractivity (Wildman–Crippen MR) is 90.0 cm³/mol. The van der Waals surface area contributed by atoms with Gasteiger partial charge in [-0.05, 0) is 37.1 Å². The normalized spacial score (nSPS) is 12.8. The third-order valence-electron chi connectivity index (χ3n) is 2.98. The van der Waals surface area contributed by atoms with Crippen molar-refractivity contribution in [3.63, 3.8) is 0 Å². The summed E-state index contributed by atoms with van der Waals surface area (Å²) in [6, 6.07) is 7.16. The number of carbonyl (C=O) groups excluding carboxylic acids is 1. The molecule has 2 nitrogen and oxygen atoms in total. The van der Waals surface area contributed by atoms with Crippen molar-refractivity contribution in [3.05, 3.63) is 46.5 Å². The number of rotatable bonds is 5. The number of hydrogen-bond donors (Lipinski definition) is 0. The molecule has 0 saturated heterocycles. The molecule has 21 heavy (non-hydrogen) atoms. The summed E-state index contributed by atoms with van der Waals surface area (Å²) in [7, 11) is 0. The van der Waals surface area contributed by atoms with E-state index in [0.29, 0.717) is 5.56 Å². The largest absolute Gasteiger partial charge is 0.445 e. The van der Waals surface area contributed by atoms with Crippen LogP contribution in [0.25, 0.3) is 0 Å². The van der Waals surface area contributed by atoms with E-state index in [4.69, 9.17) is 4.74 Å². The molecule has 2 atom stereocenters. The zero-order chi connectivity index (χ0) is 15.8. The maximum atomic E-state index is 12.2. The van der Waals surface area contributed by atoms with Crippen molar-refractivity contribution < 1.29 is 9.53 Å². The van der Waals surface area contributed by atoms with Crippen molar-refractivity contribution in [2.75, 3.05) is 0 Å². The van der Waals surface area contributed by atoms with E-state index in [2.05, 4.69) is 48.2 Å². The molecular weight excluding hydrogens is 328 g/mol. The van der Waals surface area contributed by atoms with Crippen LogP contribution < -0.4 is 0 Å². The quantitative estimate of drug-likeness (QED) is 0.553. The molecule has 0 radical (unpaired) electrons. The molecular formula is C18H21BrO2. The Morgan fingerprint density at radius 3 is 2.76 bits per heavy atom. The van der Waals surface area contributed by atoms with E-state index in [1.165, 1.54) is 0 Å². The van der Waals surface area contributed by atoms with E-state index in [1.54, 1.807) is 12.1 Å². The minimum Gasteiger partial charge on any atom is -0.445 e. The van der Waals surface area contributed by atoms with Crippen LogP contribution in [0, 0.1) is 17.8 Å². The lowest BCUT2D eigenvalue weighted by atomic mass is 9.99. The molecule has 0 aliphatic heterocycles. The fourth-order valence-electron chi connectivity index (χ4n) is 1.89. The lowest BCUT2D eigenvalue weighted by Crippen LogP contribution is -2.24. The monoisotopic (exact) mass is 348 g/mol. The Balaban J connectivity index is 2.88. The number of hydrogen-bond acceptors (Lipinski definition) is 2. The Morgan fingerprint density at radius 2 is 2.19 bits per heavy atom. The van der Waals surface area contributed by atoms with Crippen molar-refractivity contribution in [3.8, 4) is 11.8 Å². The number of halogens is 1. The first-order chi connectivity index (χ1) is 9.93. The summed E-state index contributed by atoms with van der Waals surface area (Å²) in [5.41, 5.74) is 1.29. The average Bonchev–Trinajstić information content (AvgIpc) is 2.43. The van der Waals surface area contributed by atoms with E-state index in [-0.39, 0.29) is 11.9 Å². The fourth-order valence-corrected chi connectivity index (χ4v) is 2.29. The minimum absolute atomic E-state index is 0.193. The molecule has 0 N–H and O–H groups in total. The first-order valence-electron chi connectivity index (χ1n) is 7.07. The highest BCUT2D eigenvalue weighted by Gasteiger charge is 2.20. The second kappa shape index (κ2) is 8.69. The molecule has 112 valence electrons. The van der Waals surface area contributed by atoms with Crippen LogP contribution >= 0.6 is 15.9 Å². The van der Waals surface area contributed by atoms with Crippen LogP contribution in [-0.2, 0) is 4.74 Å². The zero-order valence-corrected chi connectivity index (χ0v) is 14.4. The molecule has 0 bridgehead atoms. The number of allylic oxidation sites excluding steroid dienone is 1. The number of carbonyl (C=O) groups is 1. The highest BCUT2D eigenvalue weighted by Crippen LogP contribution is 2.17.